The predicted molar refractivity (Wildman–Crippen MR) is 79.0 cm³/mol. The monoisotopic (exact) mass is 315 g/mol. The van der Waals surface area contributed by atoms with Gasteiger partial charge in [0.25, 0.3) is 0 Å². The second-order valence-corrected chi connectivity index (χ2v) is 7.00. The molecule has 20 heavy (non-hydrogen) atoms. The first-order chi connectivity index (χ1) is 9.33. The number of aryl methyl sites for hydroxylation is 1. The van der Waals surface area contributed by atoms with Gasteiger partial charge in [0.2, 0.25) is 10.0 Å². The number of rotatable bonds is 5. The molecule has 5 nitrogen and oxygen atoms in total. The van der Waals surface area contributed by atoms with E-state index < -0.39 is 15.8 Å². The lowest BCUT2D eigenvalue weighted by atomic mass is 10.2. The third-order valence-corrected chi connectivity index (χ3v) is 3.93. The lowest BCUT2D eigenvalue weighted by molar-refractivity contribution is 0.604. The molecule has 0 amide bonds. The maximum absolute atomic E-state index is 13.5. The molecule has 2 N–H and O–H groups in total. The van der Waals surface area contributed by atoms with Gasteiger partial charge in [0, 0.05) is 16.8 Å². The molecule has 0 unspecified atom stereocenters. The summed E-state index contributed by atoms with van der Waals surface area (Å²) < 4.78 is 37.9. The minimum absolute atomic E-state index is 0.0761. The first-order valence-electron chi connectivity index (χ1n) is 5.76. The molecule has 0 spiro atoms. The molecule has 2 aromatic rings. The van der Waals surface area contributed by atoms with Gasteiger partial charge in [-0.1, -0.05) is 0 Å². The van der Waals surface area contributed by atoms with Gasteiger partial charge in [0.15, 0.2) is 0 Å². The molecule has 0 saturated heterocycles. The summed E-state index contributed by atoms with van der Waals surface area (Å²) in [5.74, 6) is -0.619. The van der Waals surface area contributed by atoms with Crippen molar-refractivity contribution in [3.05, 3.63) is 40.1 Å². The quantitative estimate of drug-likeness (QED) is 0.889. The highest BCUT2D eigenvalue weighted by Gasteiger charge is 2.08. The zero-order valence-corrected chi connectivity index (χ0v) is 12.6. The van der Waals surface area contributed by atoms with Crippen LogP contribution in [0.3, 0.4) is 0 Å². The number of anilines is 2. The lowest BCUT2D eigenvalue weighted by Gasteiger charge is -2.09. The molecule has 8 heteroatoms. The summed E-state index contributed by atoms with van der Waals surface area (Å²) in [6.45, 7) is 2.41. The van der Waals surface area contributed by atoms with Crippen LogP contribution in [0.5, 0.6) is 0 Å². The molecular formula is C12H14FN3O2S2. The van der Waals surface area contributed by atoms with E-state index in [1.54, 1.807) is 6.07 Å². The first-order valence-corrected chi connectivity index (χ1v) is 8.53. The van der Waals surface area contributed by atoms with Gasteiger partial charge in [0.1, 0.15) is 10.8 Å². The Morgan fingerprint density at radius 1 is 1.40 bits per heavy atom. The predicted octanol–water partition coefficient (Wildman–Crippen LogP) is 2.57. The number of sulfonamides is 1. The number of hydrogen-bond acceptors (Lipinski definition) is 5. The van der Waals surface area contributed by atoms with Crippen molar-refractivity contribution in [2.45, 2.75) is 13.5 Å². The molecular weight excluding hydrogens is 301 g/mol. The van der Waals surface area contributed by atoms with Crippen LogP contribution in [0.2, 0.25) is 0 Å². The number of nitrogens with zero attached hydrogens (tertiary/aromatic N) is 1. The van der Waals surface area contributed by atoms with E-state index >= 15 is 0 Å². The molecule has 0 saturated carbocycles. The molecule has 1 aromatic carbocycles. The van der Waals surface area contributed by atoms with Crippen molar-refractivity contribution in [1.29, 1.82) is 0 Å². The van der Waals surface area contributed by atoms with Gasteiger partial charge in [-0.15, -0.1) is 11.3 Å². The summed E-state index contributed by atoms with van der Waals surface area (Å²) >= 11 is 1.53. The molecule has 0 atom stereocenters. The van der Waals surface area contributed by atoms with Crippen LogP contribution in [-0.2, 0) is 16.6 Å². The van der Waals surface area contributed by atoms with E-state index in [0.717, 1.165) is 17.0 Å². The van der Waals surface area contributed by atoms with Gasteiger partial charge in [-0.05, 0) is 25.1 Å². The number of halogens is 1. The summed E-state index contributed by atoms with van der Waals surface area (Å²) in [5.41, 5.74) is 1.49. The van der Waals surface area contributed by atoms with Crippen LogP contribution in [0.25, 0.3) is 0 Å². The number of nitrogens with one attached hydrogen (secondary N) is 2. The molecule has 0 aliphatic rings. The second kappa shape index (κ2) is 5.76. The number of hydrogen-bond donors (Lipinski definition) is 2. The topological polar surface area (TPSA) is 71.1 Å². The maximum Gasteiger partial charge on any atom is 0.229 e. The molecule has 2 rings (SSSR count). The second-order valence-electron chi connectivity index (χ2n) is 4.31. The van der Waals surface area contributed by atoms with E-state index in [1.807, 2.05) is 12.3 Å². The Morgan fingerprint density at radius 2 is 2.15 bits per heavy atom. The van der Waals surface area contributed by atoms with Gasteiger partial charge in [-0.25, -0.2) is 17.8 Å². The maximum atomic E-state index is 13.5. The van der Waals surface area contributed by atoms with Crippen LogP contribution in [0.15, 0.2) is 23.6 Å². The molecule has 1 aromatic heterocycles. The fraction of sp³-hybridized carbons (Fsp3) is 0.250. The summed E-state index contributed by atoms with van der Waals surface area (Å²) in [6, 6.07) is 4.17. The summed E-state index contributed by atoms with van der Waals surface area (Å²) in [6.07, 6.45) is 0.977. The minimum Gasteiger partial charge on any atom is -0.378 e. The largest absolute Gasteiger partial charge is 0.378 e. The SMILES string of the molecule is Cc1csc(CNc2ccc(F)c(NS(C)(=O)=O)c2)n1. The summed E-state index contributed by atoms with van der Waals surface area (Å²) in [4.78, 5) is 4.30. The third kappa shape index (κ3) is 4.17. The standard InChI is InChI=1S/C12H14FN3O2S2/c1-8-7-19-12(15-8)6-14-9-3-4-10(13)11(5-9)16-20(2,17)18/h3-5,7,14,16H,6H2,1-2H3. The molecule has 108 valence electrons. The molecule has 0 fully saturated rings. The highest BCUT2D eigenvalue weighted by molar-refractivity contribution is 7.92. The third-order valence-electron chi connectivity index (χ3n) is 2.37. The smallest absolute Gasteiger partial charge is 0.229 e. The van der Waals surface area contributed by atoms with Gasteiger partial charge in [-0.2, -0.15) is 0 Å². The van der Waals surface area contributed by atoms with Gasteiger partial charge in [-0.3, -0.25) is 4.72 Å². The summed E-state index contributed by atoms with van der Waals surface area (Å²) in [7, 11) is -3.51. The Bertz CT molecular complexity index is 713. The van der Waals surface area contributed by atoms with Crippen molar-refractivity contribution < 1.29 is 12.8 Å². The van der Waals surface area contributed by atoms with Gasteiger partial charge < -0.3 is 5.32 Å². The van der Waals surface area contributed by atoms with Crippen LogP contribution < -0.4 is 10.0 Å². The van der Waals surface area contributed by atoms with E-state index in [0.29, 0.717) is 12.2 Å². The molecule has 0 radical (unpaired) electrons. The van der Waals surface area contributed by atoms with Crippen LogP contribution in [0.1, 0.15) is 10.7 Å². The summed E-state index contributed by atoms with van der Waals surface area (Å²) in [5, 5.41) is 5.92. The van der Waals surface area contributed by atoms with Crippen molar-refractivity contribution in [3.63, 3.8) is 0 Å². The van der Waals surface area contributed by atoms with E-state index in [-0.39, 0.29) is 5.69 Å². The van der Waals surface area contributed by atoms with Crippen molar-refractivity contribution >= 4 is 32.7 Å². The molecule has 0 aliphatic carbocycles. The van der Waals surface area contributed by atoms with Crippen molar-refractivity contribution in [2.75, 3.05) is 16.3 Å². The van der Waals surface area contributed by atoms with Crippen LogP contribution in [0, 0.1) is 12.7 Å². The van der Waals surface area contributed by atoms with Gasteiger partial charge >= 0.3 is 0 Å². The molecule has 1 heterocycles. The van der Waals surface area contributed by atoms with Gasteiger partial charge in [0.05, 0.1) is 18.5 Å². The Balaban J connectivity index is 2.11. The highest BCUT2D eigenvalue weighted by Crippen LogP contribution is 2.21. The molecule has 0 bridgehead atoms. The van der Waals surface area contributed by atoms with Crippen LogP contribution in [-0.4, -0.2) is 19.7 Å². The fourth-order valence-electron chi connectivity index (χ4n) is 1.57. The van der Waals surface area contributed by atoms with E-state index in [9.17, 15) is 12.8 Å². The Hall–Kier alpha value is -1.67. The van der Waals surface area contributed by atoms with Crippen LogP contribution in [0.4, 0.5) is 15.8 Å². The number of thiazole rings is 1. The lowest BCUT2D eigenvalue weighted by Crippen LogP contribution is -2.11. The average Bonchev–Trinajstić information content (AvgIpc) is 2.74. The van der Waals surface area contributed by atoms with E-state index in [2.05, 4.69) is 15.0 Å². The van der Waals surface area contributed by atoms with Crippen molar-refractivity contribution in [1.82, 2.24) is 4.98 Å². The Labute approximate surface area is 120 Å². The Morgan fingerprint density at radius 3 is 2.75 bits per heavy atom. The minimum atomic E-state index is -3.51. The normalized spacial score (nSPS) is 11.3. The van der Waals surface area contributed by atoms with E-state index in [4.69, 9.17) is 0 Å². The first kappa shape index (κ1) is 14.7. The fourth-order valence-corrected chi connectivity index (χ4v) is 2.84. The zero-order valence-electron chi connectivity index (χ0n) is 11.0. The Kier molecular flexibility index (Phi) is 4.24. The molecule has 0 aliphatic heterocycles. The average molecular weight is 315 g/mol. The highest BCUT2D eigenvalue weighted by atomic mass is 32.2. The van der Waals surface area contributed by atoms with E-state index in [1.165, 1.54) is 23.5 Å². The number of benzene rings is 1. The number of aromatic nitrogens is 1. The van der Waals surface area contributed by atoms with Crippen LogP contribution >= 0.6 is 11.3 Å². The van der Waals surface area contributed by atoms with Crippen molar-refractivity contribution in [3.8, 4) is 0 Å². The van der Waals surface area contributed by atoms with Crippen molar-refractivity contribution in [2.24, 2.45) is 0 Å². The zero-order chi connectivity index (χ0) is 14.8.